The van der Waals surface area contributed by atoms with Crippen LogP contribution in [0.2, 0.25) is 10.0 Å². The minimum atomic E-state index is -0.380. The van der Waals surface area contributed by atoms with E-state index in [0.717, 1.165) is 23.3 Å². The molecule has 0 unspecified atom stereocenters. The van der Waals surface area contributed by atoms with Crippen molar-refractivity contribution in [3.8, 4) is 17.2 Å². The van der Waals surface area contributed by atoms with Crippen LogP contribution in [-0.4, -0.2) is 42.6 Å². The van der Waals surface area contributed by atoms with Gasteiger partial charge >= 0.3 is 0 Å². The number of nitrogens with two attached hydrogens (primary N) is 1. The van der Waals surface area contributed by atoms with Crippen LogP contribution in [0.4, 0.5) is 5.13 Å². The number of nitrogens with one attached hydrogen (secondary N) is 1. The van der Waals surface area contributed by atoms with E-state index >= 15 is 0 Å². The van der Waals surface area contributed by atoms with Gasteiger partial charge in [-0.2, -0.15) is 5.10 Å². The molecule has 3 aromatic rings. The molecule has 1 heterocycles. The van der Waals surface area contributed by atoms with E-state index in [4.69, 9.17) is 43.1 Å². The van der Waals surface area contributed by atoms with Crippen LogP contribution in [0.25, 0.3) is 0 Å². The van der Waals surface area contributed by atoms with Crippen LogP contribution in [0.5, 0.6) is 17.2 Å². The normalized spacial score (nSPS) is 10.8. The Kier molecular flexibility index (Phi) is 9.71. The fourth-order valence-electron chi connectivity index (χ4n) is 2.94. The highest BCUT2D eigenvalue weighted by Gasteiger charge is 2.12. The van der Waals surface area contributed by atoms with E-state index in [1.807, 2.05) is 24.3 Å². The molecule has 0 atom stereocenters. The van der Waals surface area contributed by atoms with Gasteiger partial charge in [0.15, 0.2) is 11.5 Å². The third-order valence-electron chi connectivity index (χ3n) is 4.42. The molecule has 0 saturated carbocycles. The third-order valence-corrected chi connectivity index (χ3v) is 5.67. The van der Waals surface area contributed by atoms with Gasteiger partial charge in [-0.15, -0.1) is 16.8 Å². The standard InChI is InChI=1S/C23H23Cl2N5O4S/c1-3-4-14-5-6-18(19(9-14)32-2)33-7-8-34-22-15(10-16(24)11-17(22)25)13-27-28-20(31)12-21-29-30-23(26)35-21/h3,5-6,9-11,13H,1,4,7-8,12H2,2H3,(H2,26,30)(H,28,31). The second-order valence-electron chi connectivity index (χ2n) is 6.98. The van der Waals surface area contributed by atoms with E-state index in [1.54, 1.807) is 19.2 Å². The van der Waals surface area contributed by atoms with Gasteiger partial charge in [0.25, 0.3) is 0 Å². The molecule has 0 aliphatic heterocycles. The minimum absolute atomic E-state index is 0.00123. The van der Waals surface area contributed by atoms with Crippen LogP contribution in [0.3, 0.4) is 0 Å². The average molecular weight is 536 g/mol. The molecule has 1 amide bonds. The van der Waals surface area contributed by atoms with E-state index in [9.17, 15) is 4.79 Å². The molecule has 0 spiro atoms. The molecule has 1 aromatic heterocycles. The molecule has 184 valence electrons. The fraction of sp³-hybridized carbons (Fsp3) is 0.217. The predicted octanol–water partition coefficient (Wildman–Crippen LogP) is 4.31. The Morgan fingerprint density at radius 2 is 2.00 bits per heavy atom. The summed E-state index contributed by atoms with van der Waals surface area (Å²) in [4.78, 5) is 12.0. The molecule has 3 rings (SSSR count). The molecule has 0 bridgehead atoms. The number of nitrogens with zero attached hydrogens (tertiary/aromatic N) is 3. The highest BCUT2D eigenvalue weighted by atomic mass is 35.5. The quantitative estimate of drug-likeness (QED) is 0.153. The molecular formula is C23H23Cl2N5O4S. The van der Waals surface area contributed by atoms with Gasteiger partial charge in [0.2, 0.25) is 11.0 Å². The number of hydrogen-bond acceptors (Lipinski definition) is 9. The van der Waals surface area contributed by atoms with Crippen LogP contribution in [0, 0.1) is 0 Å². The first kappa shape index (κ1) is 26.3. The number of allylic oxidation sites excluding steroid dienone is 1. The van der Waals surface area contributed by atoms with Crippen molar-refractivity contribution in [1.29, 1.82) is 0 Å². The number of halogens is 2. The van der Waals surface area contributed by atoms with Crippen molar-refractivity contribution in [2.24, 2.45) is 5.10 Å². The van der Waals surface area contributed by atoms with Crippen molar-refractivity contribution < 1.29 is 19.0 Å². The maximum Gasteiger partial charge on any atom is 0.247 e. The molecule has 0 radical (unpaired) electrons. The van der Waals surface area contributed by atoms with Gasteiger partial charge in [0, 0.05) is 10.6 Å². The first-order chi connectivity index (χ1) is 16.9. The number of hydrazone groups is 1. The van der Waals surface area contributed by atoms with Gasteiger partial charge < -0.3 is 19.9 Å². The number of carbonyl (C=O) groups excluding carboxylic acids is 1. The Labute approximate surface area is 216 Å². The Hall–Kier alpha value is -3.34. The van der Waals surface area contributed by atoms with Gasteiger partial charge in [0.05, 0.1) is 24.8 Å². The lowest BCUT2D eigenvalue weighted by atomic mass is 10.1. The first-order valence-corrected chi connectivity index (χ1v) is 11.9. The lowest BCUT2D eigenvalue weighted by Gasteiger charge is -2.14. The zero-order valence-corrected chi connectivity index (χ0v) is 21.1. The number of methoxy groups -OCH3 is 1. The summed E-state index contributed by atoms with van der Waals surface area (Å²) >= 11 is 13.6. The van der Waals surface area contributed by atoms with E-state index in [2.05, 4.69) is 27.3 Å². The molecule has 0 aliphatic carbocycles. The van der Waals surface area contributed by atoms with Crippen molar-refractivity contribution in [1.82, 2.24) is 15.6 Å². The summed E-state index contributed by atoms with van der Waals surface area (Å²) < 4.78 is 17.0. The van der Waals surface area contributed by atoms with Crippen LogP contribution in [-0.2, 0) is 17.6 Å². The molecule has 0 fully saturated rings. The summed E-state index contributed by atoms with van der Waals surface area (Å²) in [6, 6.07) is 8.85. The smallest absolute Gasteiger partial charge is 0.247 e. The summed E-state index contributed by atoms with van der Waals surface area (Å²) in [5, 5.41) is 12.9. The number of nitrogen functional groups attached to an aromatic ring is 1. The van der Waals surface area contributed by atoms with Crippen LogP contribution in [0.15, 0.2) is 48.1 Å². The summed E-state index contributed by atoms with van der Waals surface area (Å²) in [6.45, 7) is 4.16. The van der Waals surface area contributed by atoms with E-state index in [-0.39, 0.29) is 25.5 Å². The number of carbonyl (C=O) groups is 1. The van der Waals surface area contributed by atoms with Gasteiger partial charge in [0.1, 0.15) is 24.0 Å². The molecule has 35 heavy (non-hydrogen) atoms. The Bertz CT molecular complexity index is 1220. The second-order valence-corrected chi connectivity index (χ2v) is 8.92. The van der Waals surface area contributed by atoms with E-state index in [0.29, 0.717) is 43.0 Å². The number of ether oxygens (including phenoxy) is 3. The summed E-state index contributed by atoms with van der Waals surface area (Å²) in [6.07, 6.45) is 3.94. The number of aromatic nitrogens is 2. The molecule has 3 N–H and O–H groups in total. The van der Waals surface area contributed by atoms with Crippen molar-refractivity contribution in [3.63, 3.8) is 0 Å². The Morgan fingerprint density at radius 3 is 2.71 bits per heavy atom. The predicted molar refractivity (Wildman–Crippen MR) is 138 cm³/mol. The zero-order valence-electron chi connectivity index (χ0n) is 18.8. The highest BCUT2D eigenvalue weighted by Crippen LogP contribution is 2.32. The molecule has 9 nitrogen and oxygen atoms in total. The Balaban J connectivity index is 1.59. The third kappa shape index (κ3) is 7.84. The van der Waals surface area contributed by atoms with Crippen molar-refractivity contribution in [3.05, 3.63) is 69.2 Å². The topological polar surface area (TPSA) is 121 Å². The molecule has 12 heteroatoms. The molecule has 0 saturated heterocycles. The number of hydrogen-bond donors (Lipinski definition) is 2. The van der Waals surface area contributed by atoms with Crippen molar-refractivity contribution in [2.75, 3.05) is 26.1 Å². The Morgan fingerprint density at radius 1 is 1.20 bits per heavy atom. The van der Waals surface area contributed by atoms with Crippen LogP contribution >= 0.6 is 34.5 Å². The number of rotatable bonds is 12. The maximum absolute atomic E-state index is 12.0. The van der Waals surface area contributed by atoms with Crippen LogP contribution < -0.4 is 25.4 Å². The SMILES string of the molecule is C=CCc1ccc(OCCOc2c(Cl)cc(Cl)cc2C=NNC(=O)Cc2nnc(N)s2)c(OC)c1. The maximum atomic E-state index is 12.0. The van der Waals surface area contributed by atoms with Gasteiger partial charge in [-0.3, -0.25) is 4.79 Å². The lowest BCUT2D eigenvalue weighted by Crippen LogP contribution is -2.19. The number of anilines is 1. The number of amides is 1. The zero-order chi connectivity index (χ0) is 25.2. The molecule has 2 aromatic carbocycles. The first-order valence-electron chi connectivity index (χ1n) is 10.3. The van der Waals surface area contributed by atoms with Gasteiger partial charge in [-0.1, -0.05) is 46.7 Å². The van der Waals surface area contributed by atoms with E-state index in [1.165, 1.54) is 6.21 Å². The summed E-state index contributed by atoms with van der Waals surface area (Å²) in [5.74, 6) is 1.18. The molecular weight excluding hydrogens is 513 g/mol. The van der Waals surface area contributed by atoms with E-state index < -0.39 is 0 Å². The monoisotopic (exact) mass is 535 g/mol. The fourth-order valence-corrected chi connectivity index (χ4v) is 4.11. The van der Waals surface area contributed by atoms with Crippen molar-refractivity contribution in [2.45, 2.75) is 12.8 Å². The van der Waals surface area contributed by atoms with Crippen LogP contribution in [0.1, 0.15) is 16.1 Å². The lowest BCUT2D eigenvalue weighted by molar-refractivity contribution is -0.120. The summed E-state index contributed by atoms with van der Waals surface area (Å²) in [7, 11) is 1.58. The minimum Gasteiger partial charge on any atom is -0.493 e. The van der Waals surface area contributed by atoms with Gasteiger partial charge in [-0.25, -0.2) is 5.43 Å². The number of benzene rings is 2. The highest BCUT2D eigenvalue weighted by molar-refractivity contribution is 7.15. The summed E-state index contributed by atoms with van der Waals surface area (Å²) in [5.41, 5.74) is 9.48. The van der Waals surface area contributed by atoms with Gasteiger partial charge in [-0.05, 0) is 36.2 Å². The average Bonchev–Trinajstić information content (AvgIpc) is 3.22. The molecule has 0 aliphatic rings. The second kappa shape index (κ2) is 12.9. The largest absolute Gasteiger partial charge is 0.493 e. The van der Waals surface area contributed by atoms with Crippen molar-refractivity contribution >= 4 is 51.8 Å².